The number of fused-ring (bicyclic) bond motifs is 1. The van der Waals surface area contributed by atoms with Crippen LogP contribution < -0.4 is 4.90 Å². The first-order chi connectivity index (χ1) is 12.4. The molecule has 0 bridgehead atoms. The summed E-state index contributed by atoms with van der Waals surface area (Å²) in [6.45, 7) is 5.65. The maximum atomic E-state index is 12.8. The number of rotatable bonds is 3. The lowest BCUT2D eigenvalue weighted by Gasteiger charge is -2.31. The molecule has 0 saturated heterocycles. The molecule has 0 N–H and O–H groups in total. The Morgan fingerprint density at radius 2 is 1.92 bits per heavy atom. The van der Waals surface area contributed by atoms with Gasteiger partial charge in [0, 0.05) is 50.1 Å². The highest BCUT2D eigenvalue weighted by molar-refractivity contribution is 5.83. The van der Waals surface area contributed by atoms with E-state index in [9.17, 15) is 4.79 Å². The lowest BCUT2D eigenvalue weighted by molar-refractivity contribution is -0.134. The summed E-state index contributed by atoms with van der Waals surface area (Å²) in [6.07, 6.45) is 5.29. The smallest absolute Gasteiger partial charge is 0.226 e. The van der Waals surface area contributed by atoms with E-state index in [1.54, 1.807) is 12.4 Å². The first-order valence-corrected chi connectivity index (χ1v) is 9.13. The van der Waals surface area contributed by atoms with Gasteiger partial charge in [0.05, 0.1) is 12.2 Å². The van der Waals surface area contributed by atoms with Gasteiger partial charge in [-0.3, -0.25) is 9.78 Å². The zero-order chi connectivity index (χ0) is 18.5. The van der Waals surface area contributed by atoms with E-state index in [0.717, 1.165) is 42.0 Å². The molecule has 2 aromatic rings. The Hall–Kier alpha value is -2.50. The van der Waals surface area contributed by atoms with Crippen molar-refractivity contribution in [1.82, 2.24) is 19.9 Å². The van der Waals surface area contributed by atoms with E-state index in [-0.39, 0.29) is 17.2 Å². The predicted molar refractivity (Wildman–Crippen MR) is 101 cm³/mol. The molecule has 0 radical (unpaired) electrons. The fourth-order valence-corrected chi connectivity index (χ4v) is 3.71. The Morgan fingerprint density at radius 3 is 2.54 bits per heavy atom. The number of pyridine rings is 1. The molecule has 0 aromatic carbocycles. The standard InChI is InChI=1S/C20H25N5O/c1-20(2)11-15(20)19(26)25-10-7-14-16(12-25)22-17(23-18(14)24(3)4)13-5-8-21-9-6-13/h5-6,8-9,15H,7,10-12H2,1-4H3. The molecule has 136 valence electrons. The second kappa shape index (κ2) is 6.04. The van der Waals surface area contributed by atoms with Crippen molar-refractivity contribution in [3.05, 3.63) is 35.8 Å². The maximum Gasteiger partial charge on any atom is 0.226 e. The van der Waals surface area contributed by atoms with E-state index in [2.05, 4.69) is 18.8 Å². The van der Waals surface area contributed by atoms with E-state index < -0.39 is 0 Å². The Bertz CT molecular complexity index is 847. The normalized spacial score (nSPS) is 20.5. The fraction of sp³-hybridized carbons (Fsp3) is 0.500. The molecule has 6 heteroatoms. The molecule has 1 atom stereocenters. The highest BCUT2D eigenvalue weighted by Gasteiger charge is 2.52. The molecule has 6 nitrogen and oxygen atoms in total. The molecule has 1 amide bonds. The summed E-state index contributed by atoms with van der Waals surface area (Å²) < 4.78 is 0. The van der Waals surface area contributed by atoms with Crippen molar-refractivity contribution in [1.29, 1.82) is 0 Å². The third kappa shape index (κ3) is 2.93. The van der Waals surface area contributed by atoms with Crippen LogP contribution in [0.1, 0.15) is 31.5 Å². The van der Waals surface area contributed by atoms with Gasteiger partial charge in [-0.15, -0.1) is 0 Å². The second-order valence-corrected chi connectivity index (χ2v) is 8.18. The van der Waals surface area contributed by atoms with Gasteiger partial charge in [-0.25, -0.2) is 9.97 Å². The molecule has 1 saturated carbocycles. The van der Waals surface area contributed by atoms with Crippen molar-refractivity contribution in [2.75, 3.05) is 25.5 Å². The molecule has 4 rings (SSSR count). The highest BCUT2D eigenvalue weighted by Crippen LogP contribution is 2.52. The highest BCUT2D eigenvalue weighted by atomic mass is 16.2. The van der Waals surface area contributed by atoms with Crippen LogP contribution in [0.3, 0.4) is 0 Å². The number of amides is 1. The van der Waals surface area contributed by atoms with Crippen LogP contribution in [0, 0.1) is 11.3 Å². The second-order valence-electron chi connectivity index (χ2n) is 8.18. The SMILES string of the molecule is CN(C)c1nc(-c2ccncc2)nc2c1CCN(C(=O)C1CC1(C)C)C2. The molecule has 2 aromatic heterocycles. The van der Waals surface area contributed by atoms with Crippen LogP contribution in [0.25, 0.3) is 11.4 Å². The van der Waals surface area contributed by atoms with Gasteiger partial charge in [0.1, 0.15) is 5.82 Å². The number of hydrogen-bond donors (Lipinski definition) is 0. The minimum absolute atomic E-state index is 0.153. The minimum Gasteiger partial charge on any atom is -0.362 e. The van der Waals surface area contributed by atoms with Gasteiger partial charge in [0.2, 0.25) is 5.91 Å². The molecule has 26 heavy (non-hydrogen) atoms. The van der Waals surface area contributed by atoms with E-state index in [4.69, 9.17) is 9.97 Å². The Labute approximate surface area is 154 Å². The van der Waals surface area contributed by atoms with Crippen LogP contribution >= 0.6 is 0 Å². The summed E-state index contributed by atoms with van der Waals surface area (Å²) in [5, 5.41) is 0. The third-order valence-corrected chi connectivity index (χ3v) is 5.53. The number of aromatic nitrogens is 3. The van der Waals surface area contributed by atoms with Crippen molar-refractivity contribution >= 4 is 11.7 Å². The van der Waals surface area contributed by atoms with E-state index in [1.807, 2.05) is 36.0 Å². The Kier molecular flexibility index (Phi) is 3.93. The van der Waals surface area contributed by atoms with Gasteiger partial charge >= 0.3 is 0 Å². The van der Waals surface area contributed by atoms with Crippen molar-refractivity contribution < 1.29 is 4.79 Å². The summed E-state index contributed by atoms with van der Waals surface area (Å²) >= 11 is 0. The largest absolute Gasteiger partial charge is 0.362 e. The number of nitrogens with zero attached hydrogens (tertiary/aromatic N) is 5. The average Bonchev–Trinajstić information content (AvgIpc) is 3.28. The molecule has 0 spiro atoms. The number of anilines is 1. The monoisotopic (exact) mass is 351 g/mol. The lowest BCUT2D eigenvalue weighted by Crippen LogP contribution is -2.39. The lowest BCUT2D eigenvalue weighted by atomic mass is 10.0. The molecule has 2 aliphatic rings. The molecule has 3 heterocycles. The zero-order valence-electron chi connectivity index (χ0n) is 15.9. The van der Waals surface area contributed by atoms with Crippen molar-refractivity contribution in [2.45, 2.75) is 33.2 Å². The summed E-state index contributed by atoms with van der Waals surface area (Å²) in [7, 11) is 4.01. The molecular weight excluding hydrogens is 326 g/mol. The molecule has 1 aliphatic carbocycles. The van der Waals surface area contributed by atoms with Crippen LogP contribution in [-0.2, 0) is 17.8 Å². The van der Waals surface area contributed by atoms with Gasteiger partial charge in [-0.1, -0.05) is 13.8 Å². The minimum atomic E-state index is 0.153. The van der Waals surface area contributed by atoms with Gasteiger partial charge < -0.3 is 9.80 Å². The fourth-order valence-electron chi connectivity index (χ4n) is 3.71. The van der Waals surface area contributed by atoms with Gasteiger partial charge in [0.15, 0.2) is 5.82 Å². The first kappa shape index (κ1) is 16.9. The van der Waals surface area contributed by atoms with Crippen molar-refractivity contribution in [3.8, 4) is 11.4 Å². The summed E-state index contributed by atoms with van der Waals surface area (Å²) in [5.41, 5.74) is 3.22. The molecular formula is C20H25N5O. The van der Waals surface area contributed by atoms with E-state index >= 15 is 0 Å². The van der Waals surface area contributed by atoms with Crippen LogP contribution in [0.5, 0.6) is 0 Å². The molecule has 1 aliphatic heterocycles. The average molecular weight is 351 g/mol. The van der Waals surface area contributed by atoms with Gasteiger partial charge in [0.25, 0.3) is 0 Å². The van der Waals surface area contributed by atoms with Gasteiger partial charge in [-0.05, 0) is 30.4 Å². The predicted octanol–water partition coefficient (Wildman–Crippen LogP) is 2.54. The van der Waals surface area contributed by atoms with Crippen LogP contribution in [-0.4, -0.2) is 46.4 Å². The van der Waals surface area contributed by atoms with Gasteiger partial charge in [-0.2, -0.15) is 0 Å². The van der Waals surface area contributed by atoms with E-state index in [1.165, 1.54) is 0 Å². The quantitative estimate of drug-likeness (QED) is 0.850. The Balaban J connectivity index is 1.68. The molecule has 1 unspecified atom stereocenters. The summed E-state index contributed by atoms with van der Waals surface area (Å²) in [6, 6.07) is 3.83. The summed E-state index contributed by atoms with van der Waals surface area (Å²) in [4.78, 5) is 30.5. The van der Waals surface area contributed by atoms with E-state index in [0.29, 0.717) is 12.4 Å². The molecule has 1 fully saturated rings. The number of carbonyl (C=O) groups excluding carboxylic acids is 1. The zero-order valence-corrected chi connectivity index (χ0v) is 15.9. The Morgan fingerprint density at radius 1 is 1.23 bits per heavy atom. The first-order valence-electron chi connectivity index (χ1n) is 9.13. The number of carbonyl (C=O) groups is 1. The summed E-state index contributed by atoms with van der Waals surface area (Å²) in [5.74, 6) is 2.08. The number of hydrogen-bond acceptors (Lipinski definition) is 5. The topological polar surface area (TPSA) is 62.2 Å². The van der Waals surface area contributed by atoms with Crippen molar-refractivity contribution in [2.24, 2.45) is 11.3 Å². The van der Waals surface area contributed by atoms with Crippen LogP contribution in [0.15, 0.2) is 24.5 Å². The van der Waals surface area contributed by atoms with Crippen molar-refractivity contribution in [3.63, 3.8) is 0 Å². The van der Waals surface area contributed by atoms with Crippen LogP contribution in [0.2, 0.25) is 0 Å². The van der Waals surface area contributed by atoms with Crippen LogP contribution in [0.4, 0.5) is 5.82 Å². The third-order valence-electron chi connectivity index (χ3n) is 5.53. The maximum absolute atomic E-state index is 12.8.